The molecule has 0 saturated carbocycles. The second-order valence-electron chi connectivity index (χ2n) is 5.06. The third kappa shape index (κ3) is 3.31. The maximum Gasteiger partial charge on any atom is 0.233 e. The van der Waals surface area contributed by atoms with Crippen LogP contribution >= 0.6 is 11.8 Å². The summed E-state index contributed by atoms with van der Waals surface area (Å²) in [5.74, 6) is 0.485. The Morgan fingerprint density at radius 1 is 1.18 bits per heavy atom. The van der Waals surface area contributed by atoms with Crippen LogP contribution in [0.3, 0.4) is 0 Å². The molecule has 0 aliphatic rings. The van der Waals surface area contributed by atoms with Crippen LogP contribution in [0.1, 0.15) is 5.56 Å². The number of hydrogen-bond donors (Lipinski definition) is 0. The van der Waals surface area contributed by atoms with Gasteiger partial charge in [-0.15, -0.1) is 0 Å². The number of fused-ring (bicyclic) bond motifs is 1. The lowest BCUT2D eigenvalue weighted by Crippen LogP contribution is -2.27. The minimum atomic E-state index is 0.0986. The molecule has 3 rings (SSSR count). The van der Waals surface area contributed by atoms with Crippen LogP contribution in [0.2, 0.25) is 0 Å². The number of carbonyl (C=O) groups excluding carboxylic acids is 1. The van der Waals surface area contributed by atoms with Crippen LogP contribution in [0.25, 0.3) is 5.52 Å². The van der Waals surface area contributed by atoms with Gasteiger partial charge in [0.2, 0.25) is 5.91 Å². The van der Waals surface area contributed by atoms with E-state index in [4.69, 9.17) is 0 Å². The molecule has 0 spiro atoms. The van der Waals surface area contributed by atoms with E-state index in [1.807, 2.05) is 72.4 Å². The molecule has 2 heterocycles. The molecule has 0 unspecified atom stereocenters. The van der Waals surface area contributed by atoms with Gasteiger partial charge in [0.25, 0.3) is 0 Å². The van der Waals surface area contributed by atoms with E-state index < -0.39 is 0 Å². The van der Waals surface area contributed by atoms with Crippen LogP contribution < -0.4 is 0 Å². The van der Waals surface area contributed by atoms with E-state index in [2.05, 4.69) is 4.98 Å². The number of carbonyl (C=O) groups is 1. The number of nitrogens with zero attached hydrogens (tertiary/aromatic N) is 3. The van der Waals surface area contributed by atoms with Crippen molar-refractivity contribution in [2.45, 2.75) is 11.7 Å². The molecular formula is C17H17N3OS. The smallest absolute Gasteiger partial charge is 0.233 e. The standard InChI is InChI=1S/C17H17N3OS/c1-19(12-14-7-3-2-4-8-14)16(21)13-22-17-18-11-15-9-5-6-10-20(15)17/h2-11H,12-13H2,1H3. The zero-order valence-electron chi connectivity index (χ0n) is 12.3. The maximum atomic E-state index is 12.2. The van der Waals surface area contributed by atoms with Crippen molar-refractivity contribution in [3.63, 3.8) is 0 Å². The molecule has 0 atom stereocenters. The van der Waals surface area contributed by atoms with Crippen LogP contribution in [0.5, 0.6) is 0 Å². The molecule has 0 fully saturated rings. The van der Waals surface area contributed by atoms with Gasteiger partial charge in [-0.05, 0) is 17.7 Å². The van der Waals surface area contributed by atoms with E-state index in [1.54, 1.807) is 4.90 Å². The predicted molar refractivity (Wildman–Crippen MR) is 88.8 cm³/mol. The number of rotatable bonds is 5. The molecule has 2 aromatic heterocycles. The van der Waals surface area contributed by atoms with Crippen molar-refractivity contribution in [2.75, 3.05) is 12.8 Å². The Morgan fingerprint density at radius 2 is 1.95 bits per heavy atom. The van der Waals surface area contributed by atoms with Gasteiger partial charge < -0.3 is 4.90 Å². The minimum Gasteiger partial charge on any atom is -0.341 e. The summed E-state index contributed by atoms with van der Waals surface area (Å²) in [4.78, 5) is 18.4. The molecular weight excluding hydrogens is 294 g/mol. The number of aromatic nitrogens is 2. The molecule has 1 aromatic carbocycles. The summed E-state index contributed by atoms with van der Waals surface area (Å²) in [7, 11) is 1.83. The van der Waals surface area contributed by atoms with E-state index in [0.717, 1.165) is 16.2 Å². The highest BCUT2D eigenvalue weighted by Crippen LogP contribution is 2.18. The summed E-state index contributed by atoms with van der Waals surface area (Å²) in [5, 5.41) is 0.845. The molecule has 0 aliphatic heterocycles. The normalized spacial score (nSPS) is 10.8. The van der Waals surface area contributed by atoms with E-state index >= 15 is 0 Å². The maximum absolute atomic E-state index is 12.2. The Kier molecular flexibility index (Phi) is 4.44. The average molecular weight is 311 g/mol. The largest absolute Gasteiger partial charge is 0.341 e. The van der Waals surface area contributed by atoms with Gasteiger partial charge in [-0.1, -0.05) is 48.2 Å². The first kappa shape index (κ1) is 14.7. The fourth-order valence-corrected chi connectivity index (χ4v) is 3.11. The third-order valence-corrected chi connectivity index (χ3v) is 4.37. The van der Waals surface area contributed by atoms with Gasteiger partial charge in [0.05, 0.1) is 17.5 Å². The first-order valence-electron chi connectivity index (χ1n) is 7.07. The van der Waals surface area contributed by atoms with Gasteiger partial charge in [0, 0.05) is 19.8 Å². The molecule has 4 nitrogen and oxygen atoms in total. The van der Waals surface area contributed by atoms with Crippen molar-refractivity contribution >= 4 is 23.2 Å². The Bertz CT molecular complexity index is 770. The van der Waals surface area contributed by atoms with Crippen molar-refractivity contribution in [2.24, 2.45) is 0 Å². The first-order chi connectivity index (χ1) is 10.7. The first-order valence-corrected chi connectivity index (χ1v) is 8.05. The molecule has 112 valence electrons. The topological polar surface area (TPSA) is 37.6 Å². The lowest BCUT2D eigenvalue weighted by Gasteiger charge is -2.16. The summed E-state index contributed by atoms with van der Waals surface area (Å²) in [5.41, 5.74) is 2.17. The van der Waals surface area contributed by atoms with Crippen LogP contribution in [0.4, 0.5) is 0 Å². The number of amides is 1. The predicted octanol–water partition coefficient (Wildman–Crippen LogP) is 3.09. The van der Waals surface area contributed by atoms with Crippen molar-refractivity contribution in [3.05, 3.63) is 66.5 Å². The highest BCUT2D eigenvalue weighted by atomic mass is 32.2. The van der Waals surface area contributed by atoms with Crippen LogP contribution in [-0.4, -0.2) is 33.0 Å². The molecule has 0 saturated heterocycles. The monoisotopic (exact) mass is 311 g/mol. The molecule has 0 bridgehead atoms. The van der Waals surface area contributed by atoms with E-state index in [9.17, 15) is 4.79 Å². The fraction of sp³-hybridized carbons (Fsp3) is 0.176. The number of benzene rings is 1. The lowest BCUT2D eigenvalue weighted by atomic mass is 10.2. The summed E-state index contributed by atoms with van der Waals surface area (Å²) in [6.45, 7) is 0.628. The molecule has 5 heteroatoms. The van der Waals surface area contributed by atoms with E-state index in [0.29, 0.717) is 12.3 Å². The summed E-state index contributed by atoms with van der Waals surface area (Å²) < 4.78 is 2.00. The SMILES string of the molecule is CN(Cc1ccccc1)C(=O)CSc1ncc2ccccn12. The molecule has 0 N–H and O–H groups in total. The Morgan fingerprint density at radius 3 is 2.77 bits per heavy atom. The van der Waals surface area contributed by atoms with Gasteiger partial charge in [-0.3, -0.25) is 9.20 Å². The Balaban J connectivity index is 1.60. The zero-order chi connectivity index (χ0) is 15.4. The molecule has 22 heavy (non-hydrogen) atoms. The van der Waals surface area contributed by atoms with Crippen molar-refractivity contribution < 1.29 is 4.79 Å². The van der Waals surface area contributed by atoms with Crippen LogP contribution in [-0.2, 0) is 11.3 Å². The molecule has 3 aromatic rings. The zero-order valence-corrected chi connectivity index (χ0v) is 13.2. The summed E-state index contributed by atoms with van der Waals surface area (Å²) >= 11 is 1.46. The number of thioether (sulfide) groups is 1. The average Bonchev–Trinajstić information content (AvgIpc) is 2.97. The highest BCUT2D eigenvalue weighted by Gasteiger charge is 2.12. The van der Waals surface area contributed by atoms with Gasteiger partial charge in [-0.25, -0.2) is 4.98 Å². The van der Waals surface area contributed by atoms with Crippen molar-refractivity contribution in [1.29, 1.82) is 0 Å². The summed E-state index contributed by atoms with van der Waals surface area (Å²) in [6.07, 6.45) is 3.78. The second-order valence-corrected chi connectivity index (χ2v) is 6.00. The van der Waals surface area contributed by atoms with Gasteiger partial charge in [0.15, 0.2) is 5.16 Å². The van der Waals surface area contributed by atoms with Crippen LogP contribution in [0.15, 0.2) is 66.1 Å². The second kappa shape index (κ2) is 6.66. The fourth-order valence-electron chi connectivity index (χ4n) is 2.21. The molecule has 1 amide bonds. The minimum absolute atomic E-state index is 0.0986. The lowest BCUT2D eigenvalue weighted by molar-refractivity contribution is -0.127. The van der Waals surface area contributed by atoms with Gasteiger partial charge in [-0.2, -0.15) is 0 Å². The van der Waals surface area contributed by atoms with E-state index in [1.165, 1.54) is 11.8 Å². The van der Waals surface area contributed by atoms with E-state index in [-0.39, 0.29) is 5.91 Å². The van der Waals surface area contributed by atoms with Crippen LogP contribution in [0, 0.1) is 0 Å². The molecule has 0 aliphatic carbocycles. The third-order valence-electron chi connectivity index (χ3n) is 3.42. The number of imidazole rings is 1. The number of hydrogen-bond acceptors (Lipinski definition) is 3. The van der Waals surface area contributed by atoms with Crippen molar-refractivity contribution in [1.82, 2.24) is 14.3 Å². The summed E-state index contributed by atoms with van der Waals surface area (Å²) in [6, 6.07) is 15.9. The van der Waals surface area contributed by atoms with Gasteiger partial charge >= 0.3 is 0 Å². The Labute approximate surface area is 133 Å². The van der Waals surface area contributed by atoms with Gasteiger partial charge in [0.1, 0.15) is 0 Å². The highest BCUT2D eigenvalue weighted by molar-refractivity contribution is 7.99. The molecule has 0 radical (unpaired) electrons. The van der Waals surface area contributed by atoms with Crippen molar-refractivity contribution in [3.8, 4) is 0 Å². The quantitative estimate of drug-likeness (QED) is 0.680. The number of pyridine rings is 1. The Hall–Kier alpha value is -2.27.